The number of nitrogens with one attached hydrogen (secondary N) is 1. The van der Waals surface area contributed by atoms with Gasteiger partial charge >= 0.3 is 0 Å². The Morgan fingerprint density at radius 3 is 2.76 bits per heavy atom. The summed E-state index contributed by atoms with van der Waals surface area (Å²) in [4.78, 5) is 0. The lowest BCUT2D eigenvalue weighted by Crippen LogP contribution is -2.28. The van der Waals surface area contributed by atoms with Gasteiger partial charge < -0.3 is 10.1 Å². The van der Waals surface area contributed by atoms with Crippen LogP contribution < -0.4 is 10.1 Å². The molecule has 1 heterocycles. The van der Waals surface area contributed by atoms with Crippen molar-refractivity contribution in [3.05, 3.63) is 29.3 Å². The molecule has 0 atom stereocenters. The molecule has 0 spiro atoms. The second kappa shape index (κ2) is 6.01. The van der Waals surface area contributed by atoms with Crippen molar-refractivity contribution in [1.82, 2.24) is 5.32 Å². The average molecular weight is 237 g/mol. The maximum absolute atomic E-state index is 12.7. The van der Waals surface area contributed by atoms with Gasteiger partial charge in [-0.15, -0.1) is 0 Å². The van der Waals surface area contributed by atoms with Gasteiger partial charge in [-0.2, -0.15) is 0 Å². The highest BCUT2D eigenvalue weighted by Crippen LogP contribution is 2.26. The highest BCUT2D eigenvalue weighted by Gasteiger charge is 2.16. The van der Waals surface area contributed by atoms with E-state index in [4.69, 9.17) is 4.74 Å². The van der Waals surface area contributed by atoms with Gasteiger partial charge in [-0.25, -0.2) is 4.39 Å². The second-order valence-electron chi connectivity index (χ2n) is 4.68. The predicted octanol–water partition coefficient (Wildman–Crippen LogP) is 2.71. The summed E-state index contributed by atoms with van der Waals surface area (Å²) in [5.74, 6) is 1.58. The first-order chi connectivity index (χ1) is 8.33. The van der Waals surface area contributed by atoms with Crippen molar-refractivity contribution in [2.75, 3.05) is 20.2 Å². The summed E-state index contributed by atoms with van der Waals surface area (Å²) in [6, 6.07) is 5.62. The molecule has 0 unspecified atom stereocenters. The van der Waals surface area contributed by atoms with Gasteiger partial charge in [0, 0.05) is 0 Å². The summed E-state index contributed by atoms with van der Waals surface area (Å²) in [5.41, 5.74) is 1.89. The second-order valence-corrected chi connectivity index (χ2v) is 4.68. The van der Waals surface area contributed by atoms with Gasteiger partial charge in [0.1, 0.15) is 12.4 Å². The molecule has 1 aliphatic rings. The zero-order valence-corrected chi connectivity index (χ0v) is 10.3. The largest absolute Gasteiger partial charge is 0.496 e. The number of methoxy groups -OCH3 is 1. The maximum atomic E-state index is 12.7. The molecular formula is C14H20FNO. The van der Waals surface area contributed by atoms with Crippen LogP contribution in [0.25, 0.3) is 0 Å². The minimum absolute atomic E-state index is 0.400. The van der Waals surface area contributed by atoms with Crippen molar-refractivity contribution in [2.45, 2.75) is 25.9 Å². The smallest absolute Gasteiger partial charge is 0.122 e. The van der Waals surface area contributed by atoms with Crippen LogP contribution in [0.4, 0.5) is 4.39 Å². The Morgan fingerprint density at radius 2 is 2.12 bits per heavy atom. The van der Waals surface area contributed by atoms with E-state index in [1.807, 2.05) is 12.1 Å². The summed E-state index contributed by atoms with van der Waals surface area (Å²) in [6.45, 7) is 1.79. The van der Waals surface area contributed by atoms with Crippen molar-refractivity contribution < 1.29 is 9.13 Å². The fourth-order valence-electron chi connectivity index (χ4n) is 2.47. The van der Waals surface area contributed by atoms with E-state index in [1.165, 1.54) is 12.8 Å². The van der Waals surface area contributed by atoms with Crippen LogP contribution in [-0.2, 0) is 13.1 Å². The third-order valence-electron chi connectivity index (χ3n) is 3.47. The molecule has 17 heavy (non-hydrogen) atoms. The Balaban J connectivity index is 2.11. The maximum Gasteiger partial charge on any atom is 0.122 e. The van der Waals surface area contributed by atoms with Crippen LogP contribution in [-0.4, -0.2) is 20.2 Å². The summed E-state index contributed by atoms with van der Waals surface area (Å²) in [7, 11) is 1.68. The molecule has 0 aliphatic carbocycles. The van der Waals surface area contributed by atoms with E-state index >= 15 is 0 Å². The molecule has 2 nitrogen and oxygen atoms in total. The molecule has 3 heteroatoms. The first-order valence-electron chi connectivity index (χ1n) is 6.26. The number of piperidine rings is 1. The van der Waals surface area contributed by atoms with Gasteiger partial charge in [0.25, 0.3) is 0 Å². The van der Waals surface area contributed by atoms with E-state index in [9.17, 15) is 4.39 Å². The average Bonchev–Trinajstić information content (AvgIpc) is 2.40. The molecule has 1 fully saturated rings. The van der Waals surface area contributed by atoms with E-state index in [0.29, 0.717) is 5.92 Å². The molecule has 94 valence electrons. The van der Waals surface area contributed by atoms with Crippen molar-refractivity contribution in [1.29, 1.82) is 0 Å². The minimum atomic E-state index is -0.400. The van der Waals surface area contributed by atoms with Crippen molar-refractivity contribution in [2.24, 2.45) is 5.92 Å². The van der Waals surface area contributed by atoms with Crippen LogP contribution in [0.3, 0.4) is 0 Å². The van der Waals surface area contributed by atoms with Crippen LogP contribution >= 0.6 is 0 Å². The standard InChI is InChI=1S/C14H20FNO/c1-17-14-3-2-12(10-15)9-13(14)8-11-4-6-16-7-5-11/h2-3,9,11,16H,4-8,10H2,1H3. The fraction of sp³-hybridized carbons (Fsp3) is 0.571. The Morgan fingerprint density at radius 1 is 1.35 bits per heavy atom. The SMILES string of the molecule is COc1ccc(CF)cc1CC1CCNCC1. The zero-order chi connectivity index (χ0) is 12.1. The highest BCUT2D eigenvalue weighted by atomic mass is 19.1. The molecule has 1 N–H and O–H groups in total. The Labute approximate surface area is 102 Å². The van der Waals surface area contributed by atoms with E-state index in [1.54, 1.807) is 13.2 Å². The van der Waals surface area contributed by atoms with Crippen LogP contribution in [0.2, 0.25) is 0 Å². The lowest BCUT2D eigenvalue weighted by atomic mass is 9.90. The minimum Gasteiger partial charge on any atom is -0.496 e. The van der Waals surface area contributed by atoms with E-state index in [-0.39, 0.29) is 0 Å². The zero-order valence-electron chi connectivity index (χ0n) is 10.3. The van der Waals surface area contributed by atoms with Crippen LogP contribution in [0.15, 0.2) is 18.2 Å². The lowest BCUT2D eigenvalue weighted by Gasteiger charge is -2.23. The number of hydrogen-bond donors (Lipinski definition) is 1. The third-order valence-corrected chi connectivity index (χ3v) is 3.47. The summed E-state index contributed by atoms with van der Waals surface area (Å²) < 4.78 is 18.0. The van der Waals surface area contributed by atoms with E-state index < -0.39 is 6.67 Å². The monoisotopic (exact) mass is 237 g/mol. The summed E-state index contributed by atoms with van der Waals surface area (Å²) in [6.07, 6.45) is 3.39. The third kappa shape index (κ3) is 3.19. The number of hydrogen-bond acceptors (Lipinski definition) is 2. The van der Waals surface area contributed by atoms with Gasteiger partial charge in [0.15, 0.2) is 0 Å². The molecule has 1 aliphatic heterocycles. The normalized spacial score (nSPS) is 17.1. The molecule has 0 bridgehead atoms. The Bertz CT molecular complexity index is 361. The number of alkyl halides is 1. The first-order valence-corrected chi connectivity index (χ1v) is 6.26. The predicted molar refractivity (Wildman–Crippen MR) is 67.1 cm³/mol. The molecule has 0 radical (unpaired) electrons. The lowest BCUT2D eigenvalue weighted by molar-refractivity contribution is 0.360. The quantitative estimate of drug-likeness (QED) is 0.869. The van der Waals surface area contributed by atoms with E-state index in [0.717, 1.165) is 36.4 Å². The number of ether oxygens (including phenoxy) is 1. The molecule has 0 saturated carbocycles. The Kier molecular flexibility index (Phi) is 4.37. The van der Waals surface area contributed by atoms with Crippen molar-refractivity contribution in [3.8, 4) is 5.75 Å². The van der Waals surface area contributed by atoms with Gasteiger partial charge in [-0.05, 0) is 61.5 Å². The van der Waals surface area contributed by atoms with Crippen molar-refractivity contribution in [3.63, 3.8) is 0 Å². The van der Waals surface area contributed by atoms with Gasteiger partial charge in [0.05, 0.1) is 7.11 Å². The molecule has 0 amide bonds. The Hall–Kier alpha value is -1.09. The van der Waals surface area contributed by atoms with E-state index in [2.05, 4.69) is 5.32 Å². The number of halogens is 1. The molecule has 1 saturated heterocycles. The topological polar surface area (TPSA) is 21.3 Å². The van der Waals surface area contributed by atoms with Crippen LogP contribution in [0.1, 0.15) is 24.0 Å². The molecule has 2 rings (SSSR count). The number of rotatable bonds is 4. The molecule has 0 aromatic heterocycles. The number of benzene rings is 1. The van der Waals surface area contributed by atoms with Crippen LogP contribution in [0.5, 0.6) is 5.75 Å². The highest BCUT2D eigenvalue weighted by molar-refractivity contribution is 5.37. The molecule has 1 aromatic rings. The van der Waals surface area contributed by atoms with Gasteiger partial charge in [-0.1, -0.05) is 6.07 Å². The fourth-order valence-corrected chi connectivity index (χ4v) is 2.47. The molecular weight excluding hydrogens is 217 g/mol. The summed E-state index contributed by atoms with van der Waals surface area (Å²) >= 11 is 0. The molecule has 1 aromatic carbocycles. The van der Waals surface area contributed by atoms with Crippen molar-refractivity contribution >= 4 is 0 Å². The first kappa shape index (κ1) is 12.4. The summed E-state index contributed by atoms with van der Waals surface area (Å²) in [5, 5.41) is 3.36. The van der Waals surface area contributed by atoms with Gasteiger partial charge in [-0.3, -0.25) is 0 Å². The van der Waals surface area contributed by atoms with Crippen LogP contribution in [0, 0.1) is 5.92 Å². The van der Waals surface area contributed by atoms with Gasteiger partial charge in [0.2, 0.25) is 0 Å².